The van der Waals surface area contributed by atoms with Gasteiger partial charge in [-0.2, -0.15) is 5.01 Å². The molecular formula is C20H19N3O2S2. The second-order valence-corrected chi connectivity index (χ2v) is 7.99. The number of anilines is 1. The minimum Gasteiger partial charge on any atom is -0.378 e. The Morgan fingerprint density at radius 3 is 2.33 bits per heavy atom. The van der Waals surface area contributed by atoms with E-state index in [1.165, 1.54) is 11.8 Å². The summed E-state index contributed by atoms with van der Waals surface area (Å²) in [5.41, 5.74) is 6.08. The van der Waals surface area contributed by atoms with E-state index in [1.807, 2.05) is 62.3 Å². The first-order chi connectivity index (χ1) is 12.8. The van der Waals surface area contributed by atoms with Crippen molar-refractivity contribution >= 4 is 51.9 Å². The zero-order valence-electron chi connectivity index (χ0n) is 15.2. The highest BCUT2D eigenvalue weighted by Crippen LogP contribution is 2.31. The van der Waals surface area contributed by atoms with Gasteiger partial charge in [0, 0.05) is 25.3 Å². The molecule has 5 nitrogen and oxygen atoms in total. The highest BCUT2D eigenvalue weighted by molar-refractivity contribution is 8.26. The second-order valence-electron chi connectivity index (χ2n) is 6.31. The summed E-state index contributed by atoms with van der Waals surface area (Å²) in [6.07, 6.45) is 1.77. The maximum Gasteiger partial charge on any atom is 0.285 e. The third-order valence-corrected chi connectivity index (χ3v) is 5.33. The molecule has 0 radical (unpaired) electrons. The SMILES string of the molecule is Cc1ccc(C(=O)NN2C(=O)C(=Cc3ccc(N(C)C)cc3)SC2=S)cc1. The van der Waals surface area contributed by atoms with E-state index in [0.29, 0.717) is 14.8 Å². The van der Waals surface area contributed by atoms with Crippen LogP contribution in [0, 0.1) is 6.92 Å². The van der Waals surface area contributed by atoms with Gasteiger partial charge in [-0.25, -0.2) is 0 Å². The summed E-state index contributed by atoms with van der Waals surface area (Å²) in [7, 11) is 3.94. The number of carbonyl (C=O) groups excluding carboxylic acids is 2. The number of thiocarbonyl (C=S) groups is 1. The van der Waals surface area contributed by atoms with E-state index >= 15 is 0 Å². The smallest absolute Gasteiger partial charge is 0.285 e. The van der Waals surface area contributed by atoms with Gasteiger partial charge < -0.3 is 4.90 Å². The standard InChI is InChI=1S/C20H19N3O2S2/c1-13-4-8-15(9-5-13)18(24)21-23-19(25)17(27-20(23)26)12-14-6-10-16(11-7-14)22(2)3/h4-12H,1-3H3,(H,21,24). The molecule has 0 bridgehead atoms. The molecule has 1 aliphatic rings. The molecule has 3 rings (SSSR count). The summed E-state index contributed by atoms with van der Waals surface area (Å²) in [4.78, 5) is 27.5. The number of nitrogens with zero attached hydrogens (tertiary/aromatic N) is 2. The number of nitrogens with one attached hydrogen (secondary N) is 1. The van der Waals surface area contributed by atoms with Crippen LogP contribution in [-0.2, 0) is 4.79 Å². The van der Waals surface area contributed by atoms with Crippen molar-refractivity contribution in [2.75, 3.05) is 19.0 Å². The average molecular weight is 398 g/mol. The maximum atomic E-state index is 12.6. The molecule has 0 spiro atoms. The number of rotatable bonds is 4. The van der Waals surface area contributed by atoms with E-state index in [-0.39, 0.29) is 11.8 Å². The van der Waals surface area contributed by atoms with Crippen molar-refractivity contribution in [2.24, 2.45) is 0 Å². The summed E-state index contributed by atoms with van der Waals surface area (Å²) in [5, 5.41) is 1.13. The fraction of sp³-hybridized carbons (Fsp3) is 0.150. The lowest BCUT2D eigenvalue weighted by Crippen LogP contribution is -2.44. The summed E-state index contributed by atoms with van der Waals surface area (Å²) in [5.74, 6) is -0.704. The Labute approximate surface area is 168 Å². The van der Waals surface area contributed by atoms with Crippen molar-refractivity contribution in [1.29, 1.82) is 0 Å². The van der Waals surface area contributed by atoms with Gasteiger partial charge in [-0.3, -0.25) is 15.0 Å². The first kappa shape index (κ1) is 19.1. The molecule has 2 aromatic rings. The molecule has 1 heterocycles. The van der Waals surface area contributed by atoms with Crippen LogP contribution in [0.1, 0.15) is 21.5 Å². The lowest BCUT2D eigenvalue weighted by molar-refractivity contribution is -0.123. The van der Waals surface area contributed by atoms with Crippen LogP contribution in [0.3, 0.4) is 0 Å². The van der Waals surface area contributed by atoms with Crippen molar-refractivity contribution in [3.05, 3.63) is 70.1 Å². The van der Waals surface area contributed by atoms with E-state index in [1.54, 1.807) is 18.2 Å². The van der Waals surface area contributed by atoms with Crippen LogP contribution < -0.4 is 10.3 Å². The van der Waals surface area contributed by atoms with Crippen LogP contribution >= 0.6 is 24.0 Å². The van der Waals surface area contributed by atoms with Gasteiger partial charge in [0.05, 0.1) is 4.91 Å². The van der Waals surface area contributed by atoms with Crippen LogP contribution in [0.15, 0.2) is 53.4 Å². The number of hydrogen-bond donors (Lipinski definition) is 1. The van der Waals surface area contributed by atoms with Gasteiger partial charge in [0.25, 0.3) is 11.8 Å². The van der Waals surface area contributed by atoms with Crippen LogP contribution in [0.25, 0.3) is 6.08 Å². The lowest BCUT2D eigenvalue weighted by Gasteiger charge is -2.15. The number of benzene rings is 2. The zero-order chi connectivity index (χ0) is 19.6. The predicted octanol–water partition coefficient (Wildman–Crippen LogP) is 3.61. The lowest BCUT2D eigenvalue weighted by atomic mass is 10.1. The minimum absolute atomic E-state index is 0.302. The van der Waals surface area contributed by atoms with Crippen LogP contribution in [0.2, 0.25) is 0 Å². The molecule has 0 aliphatic carbocycles. The van der Waals surface area contributed by atoms with Gasteiger partial charge in [-0.1, -0.05) is 41.6 Å². The molecule has 0 aromatic heterocycles. The molecule has 0 saturated carbocycles. The Morgan fingerprint density at radius 2 is 1.74 bits per heavy atom. The Bertz CT molecular complexity index is 919. The fourth-order valence-corrected chi connectivity index (χ4v) is 3.63. The summed E-state index contributed by atoms with van der Waals surface area (Å²) in [6, 6.07) is 14.9. The molecular weight excluding hydrogens is 378 g/mol. The van der Waals surface area contributed by atoms with Crippen molar-refractivity contribution in [3.8, 4) is 0 Å². The summed E-state index contributed by atoms with van der Waals surface area (Å²) in [6.45, 7) is 1.94. The molecule has 1 fully saturated rings. The van der Waals surface area contributed by atoms with Gasteiger partial charge in [0.2, 0.25) is 0 Å². The van der Waals surface area contributed by atoms with Gasteiger partial charge in [0.15, 0.2) is 4.32 Å². The summed E-state index contributed by atoms with van der Waals surface area (Å²) >= 11 is 6.43. The van der Waals surface area contributed by atoms with Crippen molar-refractivity contribution in [1.82, 2.24) is 10.4 Å². The molecule has 1 saturated heterocycles. The number of amides is 2. The first-order valence-corrected chi connectivity index (χ1v) is 9.50. The van der Waals surface area contributed by atoms with E-state index < -0.39 is 0 Å². The van der Waals surface area contributed by atoms with Crippen molar-refractivity contribution in [3.63, 3.8) is 0 Å². The third kappa shape index (κ3) is 4.37. The molecule has 2 aromatic carbocycles. The van der Waals surface area contributed by atoms with E-state index in [2.05, 4.69) is 5.43 Å². The quantitative estimate of drug-likeness (QED) is 0.631. The maximum absolute atomic E-state index is 12.6. The number of aryl methyl sites for hydroxylation is 1. The molecule has 138 valence electrons. The normalized spacial score (nSPS) is 15.4. The molecule has 0 atom stereocenters. The van der Waals surface area contributed by atoms with Crippen LogP contribution in [0.5, 0.6) is 0 Å². The number of thioether (sulfide) groups is 1. The predicted molar refractivity (Wildman–Crippen MR) is 114 cm³/mol. The second kappa shape index (κ2) is 7.94. The van der Waals surface area contributed by atoms with Gasteiger partial charge in [0.1, 0.15) is 0 Å². The minimum atomic E-state index is -0.372. The highest BCUT2D eigenvalue weighted by atomic mass is 32.2. The van der Waals surface area contributed by atoms with E-state index in [0.717, 1.165) is 21.8 Å². The highest BCUT2D eigenvalue weighted by Gasteiger charge is 2.33. The number of hydrazine groups is 1. The van der Waals surface area contributed by atoms with Crippen molar-refractivity contribution in [2.45, 2.75) is 6.92 Å². The first-order valence-electron chi connectivity index (χ1n) is 8.28. The zero-order valence-corrected chi connectivity index (χ0v) is 16.9. The molecule has 1 N–H and O–H groups in total. The van der Waals surface area contributed by atoms with Gasteiger partial charge in [-0.05, 0) is 55.0 Å². The van der Waals surface area contributed by atoms with E-state index in [9.17, 15) is 9.59 Å². The monoisotopic (exact) mass is 397 g/mol. The Morgan fingerprint density at radius 1 is 1.11 bits per heavy atom. The van der Waals surface area contributed by atoms with Gasteiger partial charge in [-0.15, -0.1) is 0 Å². The Kier molecular flexibility index (Phi) is 5.62. The third-order valence-electron chi connectivity index (χ3n) is 4.03. The van der Waals surface area contributed by atoms with Gasteiger partial charge >= 0.3 is 0 Å². The summed E-state index contributed by atoms with van der Waals surface area (Å²) < 4.78 is 0.302. The van der Waals surface area contributed by atoms with E-state index in [4.69, 9.17) is 12.2 Å². The number of carbonyl (C=O) groups is 2. The average Bonchev–Trinajstić information content (AvgIpc) is 2.90. The largest absolute Gasteiger partial charge is 0.378 e. The topological polar surface area (TPSA) is 52.7 Å². The van der Waals surface area contributed by atoms with Crippen molar-refractivity contribution < 1.29 is 9.59 Å². The fourth-order valence-electron chi connectivity index (χ4n) is 2.46. The Hall–Kier alpha value is -2.64. The molecule has 27 heavy (non-hydrogen) atoms. The Balaban J connectivity index is 1.74. The number of hydrogen-bond acceptors (Lipinski definition) is 5. The molecule has 7 heteroatoms. The van der Waals surface area contributed by atoms with Crippen LogP contribution in [0.4, 0.5) is 5.69 Å². The molecule has 1 aliphatic heterocycles. The van der Waals surface area contributed by atoms with Crippen LogP contribution in [-0.4, -0.2) is 35.2 Å². The molecule has 2 amide bonds. The molecule has 0 unspecified atom stereocenters.